The minimum Gasteiger partial charge on any atom is -0.468 e. The number of benzene rings is 2. The first-order chi connectivity index (χ1) is 13.6. The van der Waals surface area contributed by atoms with E-state index in [1.54, 1.807) is 0 Å². The number of amides is 1. The fourth-order valence-electron chi connectivity index (χ4n) is 3.81. The molecule has 2 aromatic carbocycles. The van der Waals surface area contributed by atoms with Gasteiger partial charge in [0.25, 0.3) is 0 Å². The van der Waals surface area contributed by atoms with E-state index in [1.165, 1.54) is 12.7 Å². The lowest BCUT2D eigenvalue weighted by Gasteiger charge is -2.17. The minimum absolute atomic E-state index is 0.0737. The summed E-state index contributed by atoms with van der Waals surface area (Å²) in [7, 11) is 1.38. The van der Waals surface area contributed by atoms with Crippen molar-refractivity contribution >= 4 is 28.6 Å². The molecule has 1 amide bonds. The number of imidazole rings is 1. The van der Waals surface area contributed by atoms with Gasteiger partial charge in [0.05, 0.1) is 18.1 Å². The molecule has 0 spiro atoms. The zero-order chi connectivity index (χ0) is 19.7. The molecule has 1 aliphatic heterocycles. The van der Waals surface area contributed by atoms with E-state index in [4.69, 9.17) is 9.72 Å². The molecule has 6 nitrogen and oxygen atoms in total. The fourth-order valence-corrected chi connectivity index (χ4v) is 3.81. The molecular weight excluding hydrogens is 354 g/mol. The van der Waals surface area contributed by atoms with Crippen LogP contribution in [0.3, 0.4) is 0 Å². The summed E-state index contributed by atoms with van der Waals surface area (Å²) in [6, 6.07) is 15.8. The zero-order valence-corrected chi connectivity index (χ0v) is 16.1. The molecule has 0 unspecified atom stereocenters. The number of carbonyl (C=O) groups is 2. The second kappa shape index (κ2) is 7.46. The number of carbonyl (C=O) groups excluding carboxylic acids is 2. The van der Waals surface area contributed by atoms with E-state index in [0.29, 0.717) is 13.0 Å². The summed E-state index contributed by atoms with van der Waals surface area (Å²) >= 11 is 0. The number of hydrogen-bond acceptors (Lipinski definition) is 4. The standard InChI is InChI=1S/C22H23N3O3/c1-3-15-8-10-17(11-9-15)24-13-16(12-20(24)26)22-23-18-6-4-5-7-19(18)25(22)14-21(27)28-2/h4-11,16H,3,12-14H2,1-2H3/t16-/m0/s1. The Bertz CT molecular complexity index is 1020. The Morgan fingerprint density at radius 3 is 2.64 bits per heavy atom. The number of aryl methyl sites for hydroxylation is 1. The fraction of sp³-hybridized carbons (Fsp3) is 0.318. The van der Waals surface area contributed by atoms with Gasteiger partial charge in [-0.05, 0) is 36.2 Å². The molecule has 1 fully saturated rings. The summed E-state index contributed by atoms with van der Waals surface area (Å²) in [5.41, 5.74) is 3.84. The highest BCUT2D eigenvalue weighted by molar-refractivity contribution is 5.96. The lowest BCUT2D eigenvalue weighted by atomic mass is 10.1. The highest BCUT2D eigenvalue weighted by atomic mass is 16.5. The first-order valence-electron chi connectivity index (χ1n) is 9.52. The second-order valence-corrected chi connectivity index (χ2v) is 7.05. The van der Waals surface area contributed by atoms with Gasteiger partial charge in [-0.1, -0.05) is 31.2 Å². The van der Waals surface area contributed by atoms with E-state index in [0.717, 1.165) is 29.0 Å². The van der Waals surface area contributed by atoms with E-state index in [1.807, 2.05) is 45.9 Å². The van der Waals surface area contributed by atoms with Crippen molar-refractivity contribution in [3.05, 3.63) is 59.9 Å². The van der Waals surface area contributed by atoms with Crippen molar-refractivity contribution < 1.29 is 14.3 Å². The number of aromatic nitrogens is 2. The van der Waals surface area contributed by atoms with Crippen molar-refractivity contribution in [2.75, 3.05) is 18.6 Å². The smallest absolute Gasteiger partial charge is 0.325 e. The molecule has 3 aromatic rings. The molecule has 0 bridgehead atoms. The normalized spacial score (nSPS) is 16.7. The molecule has 0 saturated carbocycles. The summed E-state index contributed by atoms with van der Waals surface area (Å²) < 4.78 is 6.74. The molecule has 1 aromatic heterocycles. The van der Waals surface area contributed by atoms with Crippen molar-refractivity contribution in [2.45, 2.75) is 32.2 Å². The van der Waals surface area contributed by atoms with Crippen LogP contribution in [-0.4, -0.2) is 35.1 Å². The summed E-state index contributed by atoms with van der Waals surface area (Å²) in [5, 5.41) is 0. The van der Waals surface area contributed by atoms with Crippen LogP contribution >= 0.6 is 0 Å². The first kappa shape index (κ1) is 18.2. The third-order valence-electron chi connectivity index (χ3n) is 5.35. The lowest BCUT2D eigenvalue weighted by molar-refractivity contribution is -0.141. The van der Waals surface area contributed by atoms with Crippen LogP contribution in [0, 0.1) is 0 Å². The van der Waals surface area contributed by atoms with E-state index < -0.39 is 0 Å². The Morgan fingerprint density at radius 2 is 1.93 bits per heavy atom. The summed E-state index contributed by atoms with van der Waals surface area (Å²) in [6.07, 6.45) is 1.34. The summed E-state index contributed by atoms with van der Waals surface area (Å²) in [6.45, 7) is 2.74. The summed E-state index contributed by atoms with van der Waals surface area (Å²) in [5.74, 6) is 0.426. The van der Waals surface area contributed by atoms with E-state index in [2.05, 4.69) is 19.1 Å². The van der Waals surface area contributed by atoms with Crippen molar-refractivity contribution in [2.24, 2.45) is 0 Å². The van der Waals surface area contributed by atoms with Gasteiger partial charge in [0, 0.05) is 24.6 Å². The van der Waals surface area contributed by atoms with Gasteiger partial charge in [-0.3, -0.25) is 9.59 Å². The van der Waals surface area contributed by atoms with E-state index in [-0.39, 0.29) is 24.3 Å². The molecular formula is C22H23N3O3. The van der Waals surface area contributed by atoms with Crippen LogP contribution in [0.15, 0.2) is 48.5 Å². The average molecular weight is 377 g/mol. The molecule has 4 rings (SSSR count). The van der Waals surface area contributed by atoms with Gasteiger partial charge in [0.2, 0.25) is 5.91 Å². The number of rotatable bonds is 5. The molecule has 1 saturated heterocycles. The largest absolute Gasteiger partial charge is 0.468 e. The molecule has 0 aliphatic carbocycles. The van der Waals surface area contributed by atoms with Crippen molar-refractivity contribution in [1.82, 2.24) is 9.55 Å². The molecule has 1 atom stereocenters. The van der Waals surface area contributed by atoms with Crippen molar-refractivity contribution in [3.8, 4) is 0 Å². The number of methoxy groups -OCH3 is 1. The monoisotopic (exact) mass is 377 g/mol. The third-order valence-corrected chi connectivity index (χ3v) is 5.35. The molecule has 28 heavy (non-hydrogen) atoms. The highest BCUT2D eigenvalue weighted by Gasteiger charge is 2.35. The first-order valence-corrected chi connectivity index (χ1v) is 9.52. The van der Waals surface area contributed by atoms with Crippen LogP contribution in [-0.2, 0) is 27.3 Å². The average Bonchev–Trinajstić information content (AvgIpc) is 3.28. The van der Waals surface area contributed by atoms with Crippen LogP contribution in [0.25, 0.3) is 11.0 Å². The number of esters is 1. The number of para-hydroxylation sites is 2. The Balaban J connectivity index is 1.67. The predicted molar refractivity (Wildman–Crippen MR) is 107 cm³/mol. The van der Waals surface area contributed by atoms with Gasteiger partial charge in [0.1, 0.15) is 12.4 Å². The Kier molecular flexibility index (Phi) is 4.86. The van der Waals surface area contributed by atoms with Crippen LogP contribution in [0.1, 0.15) is 30.7 Å². The number of anilines is 1. The minimum atomic E-state index is -0.333. The van der Waals surface area contributed by atoms with Crippen molar-refractivity contribution in [1.29, 1.82) is 0 Å². The topological polar surface area (TPSA) is 64.4 Å². The molecule has 0 radical (unpaired) electrons. The van der Waals surface area contributed by atoms with Gasteiger partial charge in [0.15, 0.2) is 0 Å². The molecule has 144 valence electrons. The Hall–Kier alpha value is -3.15. The van der Waals surface area contributed by atoms with Crippen molar-refractivity contribution in [3.63, 3.8) is 0 Å². The van der Waals surface area contributed by atoms with E-state index in [9.17, 15) is 9.59 Å². The maximum absolute atomic E-state index is 12.7. The van der Waals surface area contributed by atoms with Crippen LogP contribution in [0.5, 0.6) is 0 Å². The molecule has 0 N–H and O–H groups in total. The predicted octanol–water partition coefficient (Wildman–Crippen LogP) is 3.29. The Labute approximate surface area is 163 Å². The van der Waals surface area contributed by atoms with Gasteiger partial charge < -0.3 is 14.2 Å². The quantitative estimate of drug-likeness (QED) is 0.640. The Morgan fingerprint density at radius 1 is 1.18 bits per heavy atom. The van der Waals surface area contributed by atoms with Crippen LogP contribution in [0.4, 0.5) is 5.69 Å². The zero-order valence-electron chi connectivity index (χ0n) is 16.1. The third kappa shape index (κ3) is 3.26. The number of hydrogen-bond donors (Lipinski definition) is 0. The number of nitrogens with zero attached hydrogens (tertiary/aromatic N) is 3. The second-order valence-electron chi connectivity index (χ2n) is 7.05. The van der Waals surface area contributed by atoms with Gasteiger partial charge >= 0.3 is 5.97 Å². The van der Waals surface area contributed by atoms with Gasteiger partial charge in [-0.25, -0.2) is 4.98 Å². The maximum Gasteiger partial charge on any atom is 0.325 e. The maximum atomic E-state index is 12.7. The molecule has 6 heteroatoms. The SMILES string of the molecule is CCc1ccc(N2C[C@@H](c3nc4ccccc4n3CC(=O)OC)CC2=O)cc1. The summed E-state index contributed by atoms with van der Waals surface area (Å²) in [4.78, 5) is 31.2. The van der Waals surface area contributed by atoms with Gasteiger partial charge in [-0.15, -0.1) is 0 Å². The molecule has 1 aliphatic rings. The van der Waals surface area contributed by atoms with E-state index >= 15 is 0 Å². The van der Waals surface area contributed by atoms with Crippen LogP contribution in [0.2, 0.25) is 0 Å². The lowest BCUT2D eigenvalue weighted by Crippen LogP contribution is -2.24. The van der Waals surface area contributed by atoms with Gasteiger partial charge in [-0.2, -0.15) is 0 Å². The number of ether oxygens (including phenoxy) is 1. The number of fused-ring (bicyclic) bond motifs is 1. The highest BCUT2D eigenvalue weighted by Crippen LogP contribution is 2.33. The van der Waals surface area contributed by atoms with Crippen LogP contribution < -0.4 is 4.90 Å². The molecule has 2 heterocycles.